The quantitative estimate of drug-likeness (QED) is 0.345. The molecule has 0 unspecified atom stereocenters. The fraction of sp³-hybridized carbons (Fsp3) is 0.150. The Labute approximate surface area is 155 Å². The lowest BCUT2D eigenvalue weighted by atomic mass is 10.1. The first-order chi connectivity index (χ1) is 12.9. The third-order valence-corrected chi connectivity index (χ3v) is 4.10. The van der Waals surface area contributed by atoms with E-state index < -0.39 is 10.9 Å². The van der Waals surface area contributed by atoms with Crippen molar-refractivity contribution in [3.63, 3.8) is 0 Å². The van der Waals surface area contributed by atoms with Gasteiger partial charge in [0.15, 0.2) is 0 Å². The number of rotatable bonds is 5. The van der Waals surface area contributed by atoms with E-state index >= 15 is 0 Å². The van der Waals surface area contributed by atoms with Crippen LogP contribution in [0, 0.1) is 17.0 Å². The molecule has 0 atom stereocenters. The van der Waals surface area contributed by atoms with Crippen LogP contribution in [-0.4, -0.2) is 25.1 Å². The average molecular weight is 367 g/mol. The lowest BCUT2D eigenvalue weighted by Gasteiger charge is -2.08. The zero-order valence-electron chi connectivity index (χ0n) is 15.0. The van der Waals surface area contributed by atoms with E-state index in [1.54, 1.807) is 6.08 Å². The number of carbonyl (C=O) groups excluding carboxylic acids is 1. The van der Waals surface area contributed by atoms with E-state index in [0.717, 1.165) is 11.1 Å². The third kappa shape index (κ3) is 3.67. The molecule has 2 aromatic rings. The number of nitro benzene ring substituents is 1. The van der Waals surface area contributed by atoms with Gasteiger partial charge in [-0.25, -0.2) is 4.79 Å². The summed E-state index contributed by atoms with van der Waals surface area (Å²) in [5, 5.41) is 11.3. The summed E-state index contributed by atoms with van der Waals surface area (Å²) >= 11 is 0. The highest BCUT2D eigenvalue weighted by Crippen LogP contribution is 2.36. The number of aryl methyl sites for hydroxylation is 1. The molecule has 1 aliphatic rings. The lowest BCUT2D eigenvalue weighted by molar-refractivity contribution is -0.385. The number of cyclic esters (lactones) is 1. The summed E-state index contributed by atoms with van der Waals surface area (Å²) < 4.78 is 15.6. The second kappa shape index (κ2) is 7.33. The van der Waals surface area contributed by atoms with Gasteiger partial charge in [-0.15, -0.1) is 0 Å². The van der Waals surface area contributed by atoms with Crippen LogP contribution in [0.2, 0.25) is 0 Å². The van der Waals surface area contributed by atoms with Crippen molar-refractivity contribution in [2.75, 3.05) is 14.2 Å². The van der Waals surface area contributed by atoms with Crippen molar-refractivity contribution in [1.82, 2.24) is 0 Å². The monoisotopic (exact) mass is 367 g/mol. The Morgan fingerprint density at radius 3 is 2.33 bits per heavy atom. The van der Waals surface area contributed by atoms with Gasteiger partial charge in [-0.05, 0) is 19.1 Å². The Balaban J connectivity index is 2.05. The minimum absolute atomic E-state index is 0.0730. The highest BCUT2D eigenvalue weighted by molar-refractivity contribution is 6.05. The molecule has 0 saturated carbocycles. The van der Waals surface area contributed by atoms with Gasteiger partial charge >= 0.3 is 11.7 Å². The van der Waals surface area contributed by atoms with E-state index in [0.29, 0.717) is 17.1 Å². The van der Waals surface area contributed by atoms with Crippen LogP contribution in [0.15, 0.2) is 48.0 Å². The number of hydrogen-bond donors (Lipinski definition) is 0. The molecule has 0 aliphatic carbocycles. The maximum absolute atomic E-state index is 12.2. The van der Waals surface area contributed by atoms with Crippen molar-refractivity contribution in [3.8, 4) is 11.5 Å². The number of nitrogens with zero attached hydrogens (tertiary/aromatic N) is 1. The van der Waals surface area contributed by atoms with Crippen molar-refractivity contribution in [2.45, 2.75) is 6.92 Å². The molecule has 0 aromatic heterocycles. The summed E-state index contributed by atoms with van der Waals surface area (Å²) in [5.74, 6) is 0.304. The predicted octanol–water partition coefficient (Wildman–Crippen LogP) is 3.90. The van der Waals surface area contributed by atoms with Gasteiger partial charge in [0, 0.05) is 23.3 Å². The molecule has 0 radical (unpaired) electrons. The van der Waals surface area contributed by atoms with E-state index in [-0.39, 0.29) is 17.0 Å². The predicted molar refractivity (Wildman–Crippen MR) is 99.4 cm³/mol. The molecule has 1 heterocycles. The third-order valence-electron chi connectivity index (χ3n) is 4.10. The number of methoxy groups -OCH3 is 2. The molecule has 7 heteroatoms. The van der Waals surface area contributed by atoms with Crippen LogP contribution < -0.4 is 9.47 Å². The highest BCUT2D eigenvalue weighted by atomic mass is 16.6. The molecule has 0 bridgehead atoms. The Morgan fingerprint density at radius 2 is 1.74 bits per heavy atom. The van der Waals surface area contributed by atoms with Gasteiger partial charge in [0.1, 0.15) is 11.5 Å². The molecular formula is C20H17NO6. The molecule has 7 nitrogen and oxygen atoms in total. The zero-order chi connectivity index (χ0) is 19.6. The van der Waals surface area contributed by atoms with E-state index in [4.69, 9.17) is 14.2 Å². The topological polar surface area (TPSA) is 87.9 Å². The van der Waals surface area contributed by atoms with Crippen LogP contribution >= 0.6 is 0 Å². The van der Waals surface area contributed by atoms with Gasteiger partial charge < -0.3 is 14.2 Å². The Hall–Kier alpha value is -3.61. The first-order valence-corrected chi connectivity index (χ1v) is 8.06. The highest BCUT2D eigenvalue weighted by Gasteiger charge is 2.24. The summed E-state index contributed by atoms with van der Waals surface area (Å²) in [6.07, 6.45) is 3.09. The summed E-state index contributed by atoms with van der Waals surface area (Å²) in [5.41, 5.74) is 2.28. The van der Waals surface area contributed by atoms with Crippen molar-refractivity contribution >= 4 is 23.5 Å². The van der Waals surface area contributed by atoms with Crippen molar-refractivity contribution < 1.29 is 23.9 Å². The van der Waals surface area contributed by atoms with E-state index in [1.807, 2.05) is 31.2 Å². The number of carbonyl (C=O) groups is 1. The average Bonchev–Trinajstić information content (AvgIpc) is 3.02. The zero-order valence-corrected chi connectivity index (χ0v) is 15.0. The second-order valence-electron chi connectivity index (χ2n) is 5.89. The molecule has 138 valence electrons. The minimum Gasteiger partial charge on any atom is -0.496 e. The number of hydrogen-bond acceptors (Lipinski definition) is 6. The van der Waals surface area contributed by atoms with E-state index in [2.05, 4.69) is 0 Å². The first-order valence-electron chi connectivity index (χ1n) is 8.06. The van der Waals surface area contributed by atoms with E-state index in [1.165, 1.54) is 32.4 Å². The number of benzene rings is 2. The van der Waals surface area contributed by atoms with Gasteiger partial charge in [0.2, 0.25) is 5.75 Å². The minimum atomic E-state index is -0.555. The molecule has 3 rings (SSSR count). The maximum Gasteiger partial charge on any atom is 0.343 e. The first kappa shape index (κ1) is 18.2. The number of esters is 1. The normalized spacial score (nSPS) is 14.7. The van der Waals surface area contributed by atoms with Crippen LogP contribution in [-0.2, 0) is 9.53 Å². The SMILES string of the molecule is COc1cc(OC)c([N+](=O)[O-])cc1/C=C1\C=C(c2ccc(C)cc2)OC1=O. The Morgan fingerprint density at radius 1 is 1.07 bits per heavy atom. The van der Waals surface area contributed by atoms with Crippen molar-refractivity contribution in [2.24, 2.45) is 0 Å². The molecule has 27 heavy (non-hydrogen) atoms. The van der Waals surface area contributed by atoms with E-state index in [9.17, 15) is 14.9 Å². The molecule has 0 amide bonds. The van der Waals surface area contributed by atoms with Gasteiger partial charge in [0.25, 0.3) is 0 Å². The largest absolute Gasteiger partial charge is 0.496 e. The summed E-state index contributed by atoms with van der Waals surface area (Å²) in [6, 6.07) is 10.3. The number of nitro groups is 1. The summed E-state index contributed by atoms with van der Waals surface area (Å²) in [6.45, 7) is 1.97. The molecule has 0 saturated heterocycles. The van der Waals surface area contributed by atoms with Crippen LogP contribution in [0.25, 0.3) is 11.8 Å². The lowest BCUT2D eigenvalue weighted by Crippen LogP contribution is -1.99. The van der Waals surface area contributed by atoms with Crippen LogP contribution in [0.5, 0.6) is 11.5 Å². The maximum atomic E-state index is 12.2. The fourth-order valence-electron chi connectivity index (χ4n) is 2.68. The van der Waals surface area contributed by atoms with Gasteiger partial charge in [-0.1, -0.05) is 29.8 Å². The van der Waals surface area contributed by atoms with Crippen molar-refractivity contribution in [1.29, 1.82) is 0 Å². The molecule has 0 spiro atoms. The number of ether oxygens (including phenoxy) is 3. The summed E-state index contributed by atoms with van der Waals surface area (Å²) in [7, 11) is 2.77. The molecular weight excluding hydrogens is 350 g/mol. The molecule has 0 fully saturated rings. The molecule has 0 N–H and O–H groups in total. The van der Waals surface area contributed by atoms with Crippen molar-refractivity contribution in [3.05, 3.63) is 74.9 Å². The van der Waals surface area contributed by atoms with Crippen LogP contribution in [0.1, 0.15) is 16.7 Å². The summed E-state index contributed by atoms with van der Waals surface area (Å²) in [4.78, 5) is 22.9. The Bertz CT molecular complexity index is 973. The Kier molecular flexibility index (Phi) is 4.94. The smallest absolute Gasteiger partial charge is 0.343 e. The van der Waals surface area contributed by atoms with Crippen LogP contribution in [0.3, 0.4) is 0 Å². The van der Waals surface area contributed by atoms with Crippen LogP contribution in [0.4, 0.5) is 5.69 Å². The molecule has 2 aromatic carbocycles. The second-order valence-corrected chi connectivity index (χ2v) is 5.89. The van der Waals surface area contributed by atoms with Gasteiger partial charge in [-0.3, -0.25) is 10.1 Å². The fourth-order valence-corrected chi connectivity index (χ4v) is 2.68. The standard InChI is InChI=1S/C20H17NO6/c1-12-4-6-13(7-5-12)18-10-15(20(22)27-18)8-14-9-16(21(23)24)19(26-3)11-17(14)25-2/h4-11H,1-3H3/b15-8+. The van der Waals surface area contributed by atoms with Gasteiger partial charge in [0.05, 0.1) is 24.7 Å². The van der Waals surface area contributed by atoms with Gasteiger partial charge in [-0.2, -0.15) is 0 Å². The molecule has 1 aliphatic heterocycles.